The lowest BCUT2D eigenvalue weighted by molar-refractivity contribution is 0.0949. The normalized spacial score (nSPS) is 10.6. The van der Waals surface area contributed by atoms with Crippen LogP contribution in [0.3, 0.4) is 0 Å². The predicted octanol–water partition coefficient (Wildman–Crippen LogP) is 1.21. The number of thiophene rings is 1. The van der Waals surface area contributed by atoms with Crippen molar-refractivity contribution in [1.82, 2.24) is 5.32 Å². The summed E-state index contributed by atoms with van der Waals surface area (Å²) in [6.07, 6.45) is 0. The number of fused-ring (bicyclic) bond motifs is 1. The number of benzene rings is 1. The van der Waals surface area contributed by atoms with Crippen LogP contribution in [0.2, 0.25) is 0 Å². The molecule has 0 spiro atoms. The minimum atomic E-state index is -0.229. The van der Waals surface area contributed by atoms with Crippen molar-refractivity contribution in [3.05, 3.63) is 29.1 Å². The molecule has 2 aromatic rings. The minimum Gasteiger partial charge on any atom is -0.397 e. The van der Waals surface area contributed by atoms with E-state index in [1.807, 2.05) is 24.3 Å². The van der Waals surface area contributed by atoms with E-state index in [2.05, 4.69) is 5.32 Å². The number of carbonyl (C=O) groups is 1. The van der Waals surface area contributed by atoms with Crippen molar-refractivity contribution in [1.29, 1.82) is 0 Å². The van der Waals surface area contributed by atoms with Crippen LogP contribution in [0.1, 0.15) is 9.67 Å². The van der Waals surface area contributed by atoms with Crippen LogP contribution in [-0.4, -0.2) is 24.2 Å². The van der Waals surface area contributed by atoms with E-state index in [1.165, 1.54) is 11.3 Å². The van der Waals surface area contributed by atoms with Crippen LogP contribution in [-0.2, 0) is 0 Å². The Hall–Kier alpha value is -1.59. The first kappa shape index (κ1) is 10.9. The number of hydrogen-bond acceptors (Lipinski definition) is 4. The molecule has 84 valence electrons. The zero-order valence-electron chi connectivity index (χ0n) is 8.56. The van der Waals surface area contributed by atoms with Gasteiger partial charge in [-0.05, 0) is 6.07 Å². The number of nitrogen functional groups attached to an aromatic ring is 1. The van der Waals surface area contributed by atoms with Gasteiger partial charge in [-0.25, -0.2) is 0 Å². The molecule has 1 aromatic carbocycles. The lowest BCUT2D eigenvalue weighted by Gasteiger charge is -2.01. The molecule has 1 amide bonds. The highest BCUT2D eigenvalue weighted by molar-refractivity contribution is 7.21. The molecule has 4 nitrogen and oxygen atoms in total. The van der Waals surface area contributed by atoms with E-state index in [0.29, 0.717) is 10.6 Å². The van der Waals surface area contributed by atoms with Gasteiger partial charge in [0.15, 0.2) is 0 Å². The highest BCUT2D eigenvalue weighted by Crippen LogP contribution is 2.33. The molecule has 0 bridgehead atoms. The molecule has 5 heteroatoms. The average molecular weight is 236 g/mol. The quantitative estimate of drug-likeness (QED) is 0.749. The molecule has 0 aliphatic carbocycles. The van der Waals surface area contributed by atoms with Gasteiger partial charge >= 0.3 is 0 Å². The fraction of sp³-hybridized carbons (Fsp3) is 0.182. The molecule has 0 aliphatic heterocycles. The van der Waals surface area contributed by atoms with Crippen molar-refractivity contribution >= 4 is 33.0 Å². The van der Waals surface area contributed by atoms with Gasteiger partial charge in [0.1, 0.15) is 4.88 Å². The summed E-state index contributed by atoms with van der Waals surface area (Å²) in [5, 5.41) is 12.1. The third-order valence-corrected chi connectivity index (χ3v) is 3.42. The van der Waals surface area contributed by atoms with E-state index < -0.39 is 0 Å². The Labute approximate surface area is 96.7 Å². The van der Waals surface area contributed by atoms with Gasteiger partial charge in [-0.2, -0.15) is 0 Å². The zero-order chi connectivity index (χ0) is 11.5. The number of amides is 1. The molecule has 0 aliphatic rings. The van der Waals surface area contributed by atoms with Gasteiger partial charge in [-0.3, -0.25) is 4.79 Å². The van der Waals surface area contributed by atoms with Crippen LogP contribution >= 0.6 is 11.3 Å². The third kappa shape index (κ3) is 1.87. The lowest BCUT2D eigenvalue weighted by Crippen LogP contribution is -2.26. The lowest BCUT2D eigenvalue weighted by atomic mass is 10.2. The number of nitrogens with two attached hydrogens (primary N) is 1. The molecule has 0 atom stereocenters. The predicted molar refractivity (Wildman–Crippen MR) is 65.7 cm³/mol. The second-order valence-corrected chi connectivity index (χ2v) is 4.37. The number of aliphatic hydroxyl groups excluding tert-OH is 1. The Bertz CT molecular complexity index is 522. The van der Waals surface area contributed by atoms with Crippen molar-refractivity contribution in [3.8, 4) is 0 Å². The molecule has 0 saturated heterocycles. The summed E-state index contributed by atoms with van der Waals surface area (Å²) in [6.45, 7) is 0.170. The summed E-state index contributed by atoms with van der Waals surface area (Å²) in [7, 11) is 0. The first-order valence-electron chi connectivity index (χ1n) is 4.90. The van der Waals surface area contributed by atoms with Gasteiger partial charge in [-0.1, -0.05) is 18.2 Å². The number of carbonyl (C=O) groups excluding carboxylic acids is 1. The highest BCUT2D eigenvalue weighted by atomic mass is 32.1. The molecule has 2 rings (SSSR count). The molecular formula is C11H12N2O2S. The molecule has 0 fully saturated rings. The maximum Gasteiger partial charge on any atom is 0.263 e. The van der Waals surface area contributed by atoms with Crippen molar-refractivity contribution in [2.24, 2.45) is 0 Å². The Morgan fingerprint density at radius 3 is 2.88 bits per heavy atom. The van der Waals surface area contributed by atoms with Crippen LogP contribution in [0.15, 0.2) is 24.3 Å². The van der Waals surface area contributed by atoms with Gasteiger partial charge in [0.05, 0.1) is 12.3 Å². The van der Waals surface area contributed by atoms with E-state index in [1.54, 1.807) is 0 Å². The SMILES string of the molecule is Nc1c(C(=O)NCCO)sc2ccccc12. The number of rotatable bonds is 3. The van der Waals surface area contributed by atoms with Crippen molar-refractivity contribution in [2.75, 3.05) is 18.9 Å². The number of nitrogens with one attached hydrogen (secondary N) is 1. The van der Waals surface area contributed by atoms with Crippen molar-refractivity contribution in [3.63, 3.8) is 0 Å². The molecule has 0 unspecified atom stereocenters. The summed E-state index contributed by atoms with van der Waals surface area (Å²) >= 11 is 1.36. The topological polar surface area (TPSA) is 75.4 Å². The van der Waals surface area contributed by atoms with E-state index in [0.717, 1.165) is 10.1 Å². The number of aliphatic hydroxyl groups is 1. The second kappa shape index (κ2) is 4.51. The van der Waals surface area contributed by atoms with Crippen LogP contribution in [0, 0.1) is 0 Å². The van der Waals surface area contributed by atoms with Crippen LogP contribution < -0.4 is 11.1 Å². The summed E-state index contributed by atoms with van der Waals surface area (Å²) in [6, 6.07) is 7.62. The van der Waals surface area contributed by atoms with E-state index >= 15 is 0 Å². The first-order valence-corrected chi connectivity index (χ1v) is 5.71. The van der Waals surface area contributed by atoms with Crippen LogP contribution in [0.4, 0.5) is 5.69 Å². The molecule has 1 aromatic heterocycles. The maximum absolute atomic E-state index is 11.7. The molecule has 16 heavy (non-hydrogen) atoms. The molecule has 1 heterocycles. The standard InChI is InChI=1S/C11H12N2O2S/c12-9-7-3-1-2-4-8(7)16-10(9)11(15)13-5-6-14/h1-4,14H,5-6,12H2,(H,13,15). The number of anilines is 1. The number of hydrogen-bond donors (Lipinski definition) is 3. The first-order chi connectivity index (χ1) is 7.74. The van der Waals surface area contributed by atoms with Gasteiger partial charge in [0.25, 0.3) is 5.91 Å². The Balaban J connectivity index is 2.37. The molecular weight excluding hydrogens is 224 g/mol. The molecule has 4 N–H and O–H groups in total. The third-order valence-electron chi connectivity index (χ3n) is 2.24. The molecule has 0 saturated carbocycles. The minimum absolute atomic E-state index is 0.0729. The summed E-state index contributed by atoms with van der Waals surface area (Å²) < 4.78 is 0.995. The smallest absolute Gasteiger partial charge is 0.263 e. The van der Waals surface area contributed by atoms with E-state index in [9.17, 15) is 4.79 Å². The van der Waals surface area contributed by atoms with Gasteiger partial charge in [-0.15, -0.1) is 11.3 Å². The largest absolute Gasteiger partial charge is 0.397 e. The summed E-state index contributed by atoms with van der Waals surface area (Å²) in [5.41, 5.74) is 6.41. The summed E-state index contributed by atoms with van der Waals surface area (Å²) in [4.78, 5) is 12.2. The summed E-state index contributed by atoms with van der Waals surface area (Å²) in [5.74, 6) is -0.229. The molecule has 0 radical (unpaired) electrons. The van der Waals surface area contributed by atoms with E-state index in [-0.39, 0.29) is 19.1 Å². The second-order valence-electron chi connectivity index (χ2n) is 3.32. The van der Waals surface area contributed by atoms with Gasteiger partial charge < -0.3 is 16.2 Å². The highest BCUT2D eigenvalue weighted by Gasteiger charge is 2.15. The van der Waals surface area contributed by atoms with E-state index in [4.69, 9.17) is 10.8 Å². The van der Waals surface area contributed by atoms with Crippen LogP contribution in [0.25, 0.3) is 10.1 Å². The van der Waals surface area contributed by atoms with Crippen LogP contribution in [0.5, 0.6) is 0 Å². The van der Waals surface area contributed by atoms with Crippen molar-refractivity contribution in [2.45, 2.75) is 0 Å². The fourth-order valence-electron chi connectivity index (χ4n) is 1.48. The Kier molecular flexibility index (Phi) is 3.07. The Morgan fingerprint density at radius 2 is 2.19 bits per heavy atom. The fourth-order valence-corrected chi connectivity index (χ4v) is 2.52. The van der Waals surface area contributed by atoms with Gasteiger partial charge in [0, 0.05) is 16.6 Å². The zero-order valence-corrected chi connectivity index (χ0v) is 9.38. The average Bonchev–Trinajstić information content (AvgIpc) is 2.64. The maximum atomic E-state index is 11.7. The van der Waals surface area contributed by atoms with Gasteiger partial charge in [0.2, 0.25) is 0 Å². The van der Waals surface area contributed by atoms with Crippen molar-refractivity contribution < 1.29 is 9.90 Å². The monoisotopic (exact) mass is 236 g/mol. The Morgan fingerprint density at radius 1 is 1.44 bits per heavy atom.